The van der Waals surface area contributed by atoms with Gasteiger partial charge in [-0.05, 0) is 44.4 Å². The van der Waals surface area contributed by atoms with E-state index >= 15 is 0 Å². The maximum absolute atomic E-state index is 13.1. The average molecular weight is 432 g/mol. The van der Waals surface area contributed by atoms with Crippen LogP contribution in [-0.4, -0.2) is 38.6 Å². The Morgan fingerprint density at radius 2 is 1.68 bits per heavy atom. The summed E-state index contributed by atoms with van der Waals surface area (Å²) in [6.07, 6.45) is 0. The number of ether oxygens (including phenoxy) is 1. The van der Waals surface area contributed by atoms with E-state index in [-0.39, 0.29) is 11.9 Å². The van der Waals surface area contributed by atoms with Gasteiger partial charge in [-0.1, -0.05) is 54.2 Å². The van der Waals surface area contributed by atoms with Crippen LogP contribution in [0.3, 0.4) is 0 Å². The van der Waals surface area contributed by atoms with Crippen LogP contribution in [0.4, 0.5) is 0 Å². The molecule has 0 heterocycles. The van der Waals surface area contributed by atoms with Gasteiger partial charge in [0, 0.05) is 21.9 Å². The molecule has 1 atom stereocenters. The number of para-hydroxylation sites is 1. The van der Waals surface area contributed by atoms with Crippen molar-refractivity contribution in [3.63, 3.8) is 0 Å². The molecule has 6 heteroatoms. The lowest BCUT2D eigenvalue weighted by Crippen LogP contribution is -2.35. The van der Waals surface area contributed by atoms with Gasteiger partial charge >= 0.3 is 0 Å². The van der Waals surface area contributed by atoms with Crippen LogP contribution in [0.25, 0.3) is 0 Å². The van der Waals surface area contributed by atoms with Crippen LogP contribution >= 0.6 is 11.8 Å². The first-order chi connectivity index (χ1) is 15.0. The van der Waals surface area contributed by atoms with Gasteiger partial charge in [0.15, 0.2) is 0 Å². The van der Waals surface area contributed by atoms with Gasteiger partial charge in [-0.25, -0.2) is 0 Å². The topological polar surface area (TPSA) is 65.4 Å². The number of hydrogen-bond donors (Lipinski definition) is 1. The number of likely N-dealkylation sites (N-methyl/N-ethyl adjacent to an activating group) is 1. The lowest BCUT2D eigenvalue weighted by Gasteiger charge is -2.26. The SMILES string of the molecule is COc1ccccc1C(CNC(=O)c1ccccc1Sc1ccccc1C#N)N(C)C. The number of amides is 1. The van der Waals surface area contributed by atoms with E-state index in [1.54, 1.807) is 19.2 Å². The molecule has 0 fully saturated rings. The second-order valence-electron chi connectivity index (χ2n) is 7.14. The first-order valence-electron chi connectivity index (χ1n) is 9.88. The van der Waals surface area contributed by atoms with Gasteiger partial charge < -0.3 is 15.0 Å². The fraction of sp³-hybridized carbons (Fsp3) is 0.200. The highest BCUT2D eigenvalue weighted by atomic mass is 32.2. The number of carbonyl (C=O) groups excluding carboxylic acids is 1. The summed E-state index contributed by atoms with van der Waals surface area (Å²) < 4.78 is 5.51. The highest BCUT2D eigenvalue weighted by molar-refractivity contribution is 7.99. The van der Waals surface area contributed by atoms with Crippen molar-refractivity contribution < 1.29 is 9.53 Å². The summed E-state index contributed by atoms with van der Waals surface area (Å²) in [5, 5.41) is 12.4. The molecule has 158 valence electrons. The summed E-state index contributed by atoms with van der Waals surface area (Å²) in [6, 6.07) is 24.8. The van der Waals surface area contributed by atoms with E-state index < -0.39 is 0 Å². The largest absolute Gasteiger partial charge is 0.496 e. The van der Waals surface area contributed by atoms with Crippen LogP contribution in [0.5, 0.6) is 5.75 Å². The Kier molecular flexibility index (Phi) is 7.71. The highest BCUT2D eigenvalue weighted by Crippen LogP contribution is 2.33. The summed E-state index contributed by atoms with van der Waals surface area (Å²) in [6.45, 7) is 0.431. The van der Waals surface area contributed by atoms with Gasteiger partial charge in [0.05, 0.1) is 24.3 Å². The van der Waals surface area contributed by atoms with Crippen molar-refractivity contribution in [1.82, 2.24) is 10.2 Å². The monoisotopic (exact) mass is 431 g/mol. The molecule has 0 saturated heterocycles. The predicted molar refractivity (Wildman–Crippen MR) is 123 cm³/mol. The van der Waals surface area contributed by atoms with Crippen LogP contribution in [0.1, 0.15) is 27.5 Å². The molecule has 0 aliphatic rings. The van der Waals surface area contributed by atoms with Crippen LogP contribution in [0.2, 0.25) is 0 Å². The summed E-state index contributed by atoms with van der Waals surface area (Å²) in [4.78, 5) is 16.8. The molecule has 3 aromatic rings. The van der Waals surface area contributed by atoms with Gasteiger partial charge in [-0.3, -0.25) is 4.79 Å². The fourth-order valence-electron chi connectivity index (χ4n) is 3.31. The molecule has 0 radical (unpaired) electrons. The Bertz CT molecular complexity index is 1090. The van der Waals surface area contributed by atoms with E-state index in [0.29, 0.717) is 17.7 Å². The molecule has 1 N–H and O–H groups in total. The quantitative estimate of drug-likeness (QED) is 0.558. The molecule has 1 unspecified atom stereocenters. The first kappa shape index (κ1) is 22.4. The molecule has 0 aliphatic heterocycles. The van der Waals surface area contributed by atoms with E-state index in [9.17, 15) is 10.1 Å². The number of carbonyl (C=O) groups is 1. The molecule has 5 nitrogen and oxygen atoms in total. The Labute approximate surface area is 187 Å². The molecule has 3 aromatic carbocycles. The maximum Gasteiger partial charge on any atom is 0.252 e. The van der Waals surface area contributed by atoms with Crippen LogP contribution in [0.15, 0.2) is 82.6 Å². The summed E-state index contributed by atoms with van der Waals surface area (Å²) in [5.41, 5.74) is 2.19. The molecule has 0 spiro atoms. The van der Waals surface area contributed by atoms with E-state index in [0.717, 1.165) is 21.1 Å². The Balaban J connectivity index is 1.80. The van der Waals surface area contributed by atoms with E-state index in [2.05, 4.69) is 16.3 Å². The number of nitrogens with one attached hydrogen (secondary N) is 1. The first-order valence-corrected chi connectivity index (χ1v) is 10.7. The molecule has 31 heavy (non-hydrogen) atoms. The van der Waals surface area contributed by atoms with Crippen molar-refractivity contribution in [2.45, 2.75) is 15.8 Å². The van der Waals surface area contributed by atoms with E-state index in [4.69, 9.17) is 4.74 Å². The normalized spacial score (nSPS) is 11.6. The van der Waals surface area contributed by atoms with Gasteiger partial charge in [-0.2, -0.15) is 5.26 Å². The number of rotatable bonds is 8. The third kappa shape index (κ3) is 5.46. The lowest BCUT2D eigenvalue weighted by atomic mass is 10.0. The summed E-state index contributed by atoms with van der Waals surface area (Å²) >= 11 is 1.42. The standard InChI is InChI=1S/C25H25N3O2S/c1-28(2)21(19-11-5-7-13-22(19)30-3)17-27-25(29)20-12-6-9-15-24(20)31-23-14-8-4-10-18(23)16-26/h4-15,21H,17H2,1-3H3,(H,27,29). The smallest absolute Gasteiger partial charge is 0.252 e. The van der Waals surface area contributed by atoms with Crippen LogP contribution in [-0.2, 0) is 0 Å². The Hall–Kier alpha value is -3.27. The lowest BCUT2D eigenvalue weighted by molar-refractivity contribution is 0.0938. The van der Waals surface area contributed by atoms with Gasteiger partial charge in [0.2, 0.25) is 0 Å². The average Bonchev–Trinajstić information content (AvgIpc) is 2.80. The number of benzene rings is 3. The minimum atomic E-state index is -0.153. The third-order valence-corrected chi connectivity index (χ3v) is 6.09. The molecular weight excluding hydrogens is 406 g/mol. The minimum Gasteiger partial charge on any atom is -0.496 e. The molecule has 0 aromatic heterocycles. The maximum atomic E-state index is 13.1. The second kappa shape index (κ2) is 10.7. The number of methoxy groups -OCH3 is 1. The van der Waals surface area contributed by atoms with Crippen molar-refractivity contribution in [2.24, 2.45) is 0 Å². The molecule has 3 rings (SSSR count). The van der Waals surface area contributed by atoms with Crippen molar-refractivity contribution in [3.05, 3.63) is 89.5 Å². The van der Waals surface area contributed by atoms with Gasteiger partial charge in [-0.15, -0.1) is 0 Å². The molecule has 0 aliphatic carbocycles. The zero-order valence-electron chi connectivity index (χ0n) is 17.8. The Morgan fingerprint density at radius 1 is 1.03 bits per heavy atom. The second-order valence-corrected chi connectivity index (χ2v) is 8.22. The molecule has 0 bridgehead atoms. The van der Waals surface area contributed by atoms with Crippen LogP contribution < -0.4 is 10.1 Å². The van der Waals surface area contributed by atoms with Crippen molar-refractivity contribution in [1.29, 1.82) is 5.26 Å². The van der Waals surface area contributed by atoms with Crippen molar-refractivity contribution in [2.75, 3.05) is 27.7 Å². The van der Waals surface area contributed by atoms with Crippen LogP contribution in [0, 0.1) is 11.3 Å². The predicted octanol–water partition coefficient (Wildman–Crippen LogP) is 4.75. The Morgan fingerprint density at radius 3 is 2.39 bits per heavy atom. The molecular formula is C25H25N3O2S. The van der Waals surface area contributed by atoms with Gasteiger partial charge in [0.25, 0.3) is 5.91 Å². The zero-order valence-corrected chi connectivity index (χ0v) is 18.6. The molecule has 0 saturated carbocycles. The van der Waals surface area contributed by atoms with E-state index in [1.165, 1.54) is 11.8 Å². The highest BCUT2D eigenvalue weighted by Gasteiger charge is 2.20. The fourth-order valence-corrected chi connectivity index (χ4v) is 4.33. The third-order valence-electron chi connectivity index (χ3n) is 4.94. The van der Waals surface area contributed by atoms with E-state index in [1.807, 2.05) is 74.8 Å². The number of nitrogens with zero attached hydrogens (tertiary/aromatic N) is 2. The zero-order chi connectivity index (χ0) is 22.2. The summed E-state index contributed by atoms with van der Waals surface area (Å²) in [5.74, 6) is 0.638. The number of nitriles is 1. The van der Waals surface area contributed by atoms with Crippen molar-refractivity contribution in [3.8, 4) is 11.8 Å². The molecule has 1 amide bonds. The van der Waals surface area contributed by atoms with Gasteiger partial charge in [0.1, 0.15) is 11.8 Å². The summed E-state index contributed by atoms with van der Waals surface area (Å²) in [7, 11) is 5.61. The van der Waals surface area contributed by atoms with Crippen molar-refractivity contribution >= 4 is 17.7 Å². The minimum absolute atomic E-state index is 0.0424. The number of hydrogen-bond acceptors (Lipinski definition) is 5.